The first-order valence-corrected chi connectivity index (χ1v) is 7.89. The van der Waals surface area contributed by atoms with E-state index in [2.05, 4.69) is 15.9 Å². The van der Waals surface area contributed by atoms with Gasteiger partial charge >= 0.3 is 6.18 Å². The van der Waals surface area contributed by atoms with E-state index in [-0.39, 0.29) is 17.9 Å². The van der Waals surface area contributed by atoms with Crippen molar-refractivity contribution < 1.29 is 21.6 Å². The van der Waals surface area contributed by atoms with Crippen LogP contribution in [0, 0.1) is 0 Å². The van der Waals surface area contributed by atoms with Crippen LogP contribution in [0.25, 0.3) is 0 Å². The Hall–Kier alpha value is -0.600. The second-order valence-electron chi connectivity index (χ2n) is 4.24. The minimum absolute atomic E-state index is 0.0136. The molecule has 0 aliphatic carbocycles. The van der Waals surface area contributed by atoms with Crippen molar-refractivity contribution >= 4 is 26.0 Å². The second kappa shape index (κ2) is 5.06. The summed E-state index contributed by atoms with van der Waals surface area (Å²) in [6.45, 7) is 0.416. The topological polar surface area (TPSA) is 37.4 Å². The molecule has 1 fully saturated rings. The van der Waals surface area contributed by atoms with Crippen LogP contribution in [-0.4, -0.2) is 30.6 Å². The van der Waals surface area contributed by atoms with Crippen molar-refractivity contribution in [3.63, 3.8) is 0 Å². The fourth-order valence-corrected chi connectivity index (χ4v) is 4.43. The van der Waals surface area contributed by atoms with Crippen molar-refractivity contribution in [2.75, 3.05) is 13.1 Å². The number of halogens is 4. The number of rotatable bonds is 2. The Morgan fingerprint density at radius 3 is 2.42 bits per heavy atom. The normalized spacial score (nSPS) is 21.8. The highest BCUT2D eigenvalue weighted by Gasteiger charge is 2.40. The highest BCUT2D eigenvalue weighted by molar-refractivity contribution is 9.09. The van der Waals surface area contributed by atoms with E-state index in [0.29, 0.717) is 6.42 Å². The van der Waals surface area contributed by atoms with Crippen LogP contribution in [-0.2, 0) is 16.2 Å². The molecule has 1 aliphatic rings. The lowest BCUT2D eigenvalue weighted by Gasteiger charge is -2.19. The molecule has 0 radical (unpaired) electrons. The lowest BCUT2D eigenvalue weighted by atomic mass is 10.2. The summed E-state index contributed by atoms with van der Waals surface area (Å²) in [5, 5.41) is 0. The molecule has 0 spiro atoms. The van der Waals surface area contributed by atoms with E-state index in [9.17, 15) is 21.6 Å². The van der Waals surface area contributed by atoms with Crippen LogP contribution in [0.2, 0.25) is 0 Å². The molecule has 0 amide bonds. The van der Waals surface area contributed by atoms with Crippen molar-refractivity contribution in [1.82, 2.24) is 4.31 Å². The van der Waals surface area contributed by atoms with Gasteiger partial charge in [0.1, 0.15) is 0 Å². The minimum Gasteiger partial charge on any atom is -0.207 e. The fourth-order valence-electron chi connectivity index (χ4n) is 1.97. The number of sulfonamides is 1. The molecule has 3 nitrogen and oxygen atoms in total. The molecule has 19 heavy (non-hydrogen) atoms. The monoisotopic (exact) mass is 357 g/mol. The zero-order valence-corrected chi connectivity index (χ0v) is 12.1. The number of hydrogen-bond acceptors (Lipinski definition) is 2. The Balaban J connectivity index is 2.47. The Bertz CT molecular complexity index is 574. The van der Waals surface area contributed by atoms with E-state index in [1.54, 1.807) is 0 Å². The number of benzene rings is 1. The predicted octanol–water partition coefficient (Wildman–Crippen LogP) is 2.86. The zero-order valence-electron chi connectivity index (χ0n) is 9.69. The smallest absolute Gasteiger partial charge is 0.207 e. The summed E-state index contributed by atoms with van der Waals surface area (Å²) in [6, 6.07) is 4.26. The highest BCUT2D eigenvalue weighted by atomic mass is 79.9. The van der Waals surface area contributed by atoms with Gasteiger partial charge in [-0.1, -0.05) is 28.1 Å². The molecule has 1 heterocycles. The fraction of sp³-hybridized carbons (Fsp3) is 0.455. The second-order valence-corrected chi connectivity index (χ2v) is 7.44. The number of hydrogen-bond donors (Lipinski definition) is 0. The molecule has 0 saturated carbocycles. The van der Waals surface area contributed by atoms with E-state index in [4.69, 9.17) is 0 Å². The molecular formula is C11H11BrF3NO2S. The highest BCUT2D eigenvalue weighted by Crippen LogP contribution is 2.36. The lowest BCUT2D eigenvalue weighted by molar-refractivity contribution is -0.139. The van der Waals surface area contributed by atoms with Gasteiger partial charge in [-0.25, -0.2) is 8.42 Å². The molecule has 1 aromatic rings. The molecule has 1 atom stereocenters. The summed E-state index contributed by atoms with van der Waals surface area (Å²) in [6.07, 6.45) is -4.09. The molecule has 1 aromatic carbocycles. The van der Waals surface area contributed by atoms with Crippen LogP contribution in [0.4, 0.5) is 13.2 Å². The van der Waals surface area contributed by atoms with Crippen molar-refractivity contribution in [3.8, 4) is 0 Å². The van der Waals surface area contributed by atoms with Crippen LogP contribution in [0.5, 0.6) is 0 Å². The molecule has 0 aromatic heterocycles. The third-order valence-electron chi connectivity index (χ3n) is 2.90. The Morgan fingerprint density at radius 2 is 1.89 bits per heavy atom. The van der Waals surface area contributed by atoms with Crippen molar-refractivity contribution in [1.29, 1.82) is 0 Å². The van der Waals surface area contributed by atoms with Gasteiger partial charge in [-0.15, -0.1) is 0 Å². The molecule has 0 N–H and O–H groups in total. The molecule has 1 unspecified atom stereocenters. The van der Waals surface area contributed by atoms with Gasteiger partial charge in [0.15, 0.2) is 0 Å². The summed E-state index contributed by atoms with van der Waals surface area (Å²) in [4.78, 5) is -0.690. The molecule has 1 aliphatic heterocycles. The van der Waals surface area contributed by atoms with E-state index in [0.717, 1.165) is 16.4 Å². The van der Waals surface area contributed by atoms with Crippen LogP contribution < -0.4 is 0 Å². The van der Waals surface area contributed by atoms with Gasteiger partial charge < -0.3 is 0 Å². The minimum atomic E-state index is -4.68. The average molecular weight is 358 g/mol. The summed E-state index contributed by atoms with van der Waals surface area (Å²) >= 11 is 3.27. The number of alkyl halides is 4. The van der Waals surface area contributed by atoms with Gasteiger partial charge in [0.25, 0.3) is 0 Å². The third kappa shape index (κ3) is 2.95. The maximum atomic E-state index is 12.9. The maximum Gasteiger partial charge on any atom is 0.417 e. The van der Waals surface area contributed by atoms with Crippen LogP contribution in [0.1, 0.15) is 12.0 Å². The van der Waals surface area contributed by atoms with Gasteiger partial charge in [-0.05, 0) is 18.6 Å². The van der Waals surface area contributed by atoms with Gasteiger partial charge in [-0.3, -0.25) is 0 Å². The average Bonchev–Trinajstić information content (AvgIpc) is 2.75. The molecule has 0 bridgehead atoms. The van der Waals surface area contributed by atoms with Gasteiger partial charge in [0.05, 0.1) is 10.5 Å². The van der Waals surface area contributed by atoms with E-state index in [1.807, 2.05) is 0 Å². The maximum absolute atomic E-state index is 12.9. The molecule has 106 valence electrons. The van der Waals surface area contributed by atoms with Gasteiger partial charge in [-0.2, -0.15) is 17.5 Å². The Morgan fingerprint density at radius 1 is 1.26 bits per heavy atom. The largest absolute Gasteiger partial charge is 0.417 e. The van der Waals surface area contributed by atoms with Gasteiger partial charge in [0, 0.05) is 17.9 Å². The van der Waals surface area contributed by atoms with E-state index < -0.39 is 26.7 Å². The predicted molar refractivity (Wildman–Crippen MR) is 67.5 cm³/mol. The third-order valence-corrected chi connectivity index (χ3v) is 5.57. The summed E-state index contributed by atoms with van der Waals surface area (Å²) < 4.78 is 64.1. The first-order chi connectivity index (χ1) is 8.73. The summed E-state index contributed by atoms with van der Waals surface area (Å²) in [5.74, 6) is 0. The van der Waals surface area contributed by atoms with Crippen LogP contribution >= 0.6 is 15.9 Å². The van der Waals surface area contributed by atoms with Crippen molar-refractivity contribution in [3.05, 3.63) is 29.8 Å². The van der Waals surface area contributed by atoms with Crippen LogP contribution in [0.3, 0.4) is 0 Å². The Kier molecular flexibility index (Phi) is 3.95. The zero-order chi connectivity index (χ0) is 14.3. The van der Waals surface area contributed by atoms with Gasteiger partial charge in [0.2, 0.25) is 10.0 Å². The van der Waals surface area contributed by atoms with Crippen molar-refractivity contribution in [2.24, 2.45) is 0 Å². The van der Waals surface area contributed by atoms with Crippen LogP contribution in [0.15, 0.2) is 29.2 Å². The Labute approximate surface area is 117 Å². The van der Waals surface area contributed by atoms with E-state index >= 15 is 0 Å². The van der Waals surface area contributed by atoms with Crippen molar-refractivity contribution in [2.45, 2.75) is 22.3 Å². The molecule has 1 saturated heterocycles. The number of nitrogens with zero attached hydrogens (tertiary/aromatic N) is 1. The first-order valence-electron chi connectivity index (χ1n) is 5.53. The molecule has 8 heteroatoms. The quantitative estimate of drug-likeness (QED) is 0.763. The summed E-state index contributed by atoms with van der Waals surface area (Å²) in [7, 11) is -4.10. The standard InChI is InChI=1S/C11H11BrF3NO2S/c12-8-5-6-16(7-8)19(17,18)10-4-2-1-3-9(10)11(13,14)15/h1-4,8H,5-7H2. The summed E-state index contributed by atoms with van der Waals surface area (Å²) in [5.41, 5.74) is -1.12. The van der Waals surface area contributed by atoms with E-state index in [1.165, 1.54) is 12.1 Å². The lowest BCUT2D eigenvalue weighted by Crippen LogP contribution is -2.30. The SMILES string of the molecule is O=S(=O)(c1ccccc1C(F)(F)F)N1CCC(Br)C1. The first kappa shape index (κ1) is 14.8. The molecular weight excluding hydrogens is 347 g/mol. The molecule has 2 rings (SSSR count).